The Labute approximate surface area is 429 Å². The molecule has 3 aromatic carbocycles. The first kappa shape index (κ1) is 55.1. The maximum Gasteiger partial charge on any atom is 0.408 e. The third-order valence-electron chi connectivity index (χ3n) is 14.9. The van der Waals surface area contributed by atoms with Crippen LogP contribution in [0, 0.1) is 16.7 Å². The monoisotopic (exact) mass is 1030 g/mol. The molecule has 7 rings (SSSR count). The summed E-state index contributed by atoms with van der Waals surface area (Å²) in [4.78, 5) is 99.0. The van der Waals surface area contributed by atoms with E-state index in [-0.39, 0.29) is 41.9 Å². The number of nitrogens with one attached hydrogen (secondary N) is 2. The van der Waals surface area contributed by atoms with Gasteiger partial charge in [-0.25, -0.2) is 19.2 Å². The molecule has 1 saturated heterocycles. The van der Waals surface area contributed by atoms with E-state index < -0.39 is 131 Å². The summed E-state index contributed by atoms with van der Waals surface area (Å²) in [6, 6.07) is 23.4. The van der Waals surface area contributed by atoms with Crippen LogP contribution in [0.25, 0.3) is 0 Å². The molecule has 11 atom stereocenters. The number of benzene rings is 3. The molecule has 1 heterocycles. The first-order chi connectivity index (χ1) is 34.9. The van der Waals surface area contributed by atoms with Gasteiger partial charge in [-0.1, -0.05) is 92.7 Å². The van der Waals surface area contributed by atoms with Crippen LogP contribution in [0.2, 0.25) is 0 Å². The predicted molar refractivity (Wildman–Crippen MR) is 262 cm³/mol. The van der Waals surface area contributed by atoms with Gasteiger partial charge in [-0.3, -0.25) is 14.4 Å². The van der Waals surface area contributed by atoms with Gasteiger partial charge < -0.3 is 58.4 Å². The fourth-order valence-corrected chi connectivity index (χ4v) is 11.3. The number of esters is 4. The summed E-state index contributed by atoms with van der Waals surface area (Å²) in [5.41, 5.74) is -6.85. The first-order valence-electron chi connectivity index (χ1n) is 24.4. The van der Waals surface area contributed by atoms with E-state index in [0.29, 0.717) is 5.56 Å². The van der Waals surface area contributed by atoms with Crippen molar-refractivity contribution in [2.75, 3.05) is 27.4 Å². The molecule has 19 nitrogen and oxygen atoms in total. The smallest absolute Gasteiger partial charge is 0.408 e. The molecular formula is C55H66N2O17. The van der Waals surface area contributed by atoms with E-state index in [2.05, 4.69) is 10.6 Å². The Morgan fingerprint density at radius 3 is 2.04 bits per heavy atom. The molecule has 0 unspecified atom stereocenters. The normalized spacial score (nSPS) is 28.7. The molecule has 2 amide bonds. The summed E-state index contributed by atoms with van der Waals surface area (Å²) in [5.74, 6) is -5.98. The highest BCUT2D eigenvalue weighted by Crippen LogP contribution is 2.65. The average Bonchev–Trinajstić information content (AvgIpc) is 3.35. The van der Waals surface area contributed by atoms with Gasteiger partial charge >= 0.3 is 36.1 Å². The zero-order valence-corrected chi connectivity index (χ0v) is 43.3. The number of ether oxygens (including phenoxy) is 9. The number of carbonyl (C=O) groups excluding carboxylic acids is 7. The van der Waals surface area contributed by atoms with Crippen molar-refractivity contribution < 1.29 is 81.3 Å². The van der Waals surface area contributed by atoms with Crippen molar-refractivity contribution in [2.24, 2.45) is 16.7 Å². The van der Waals surface area contributed by atoms with Crippen molar-refractivity contribution in [1.29, 1.82) is 0 Å². The maximum atomic E-state index is 15.8. The summed E-state index contributed by atoms with van der Waals surface area (Å²) < 4.78 is 54.2. The Hall–Kier alpha value is -6.67. The van der Waals surface area contributed by atoms with Crippen molar-refractivity contribution in [2.45, 2.75) is 134 Å². The van der Waals surface area contributed by atoms with E-state index in [1.54, 1.807) is 127 Å². The van der Waals surface area contributed by atoms with Crippen LogP contribution < -0.4 is 10.6 Å². The fourth-order valence-electron chi connectivity index (χ4n) is 11.3. The lowest BCUT2D eigenvalue weighted by Gasteiger charge is -2.67. The minimum Gasteiger partial charge on any atom is -0.455 e. The topological polar surface area (TPSA) is 247 Å². The third-order valence-corrected chi connectivity index (χ3v) is 14.9. The Balaban J connectivity index is 1.34. The molecule has 3 aromatic rings. The van der Waals surface area contributed by atoms with Gasteiger partial charge in [-0.05, 0) is 69.0 Å². The molecule has 3 fully saturated rings. The molecule has 3 N–H and O–H groups in total. The van der Waals surface area contributed by atoms with Gasteiger partial charge in [-0.2, -0.15) is 0 Å². The maximum absolute atomic E-state index is 15.8. The van der Waals surface area contributed by atoms with E-state index in [1.165, 1.54) is 33.3 Å². The second-order valence-corrected chi connectivity index (χ2v) is 20.9. The molecule has 0 spiro atoms. The zero-order chi connectivity index (χ0) is 54.0. The van der Waals surface area contributed by atoms with Crippen LogP contribution in [0.3, 0.4) is 0 Å². The number of aliphatic hydroxyl groups is 1. The average molecular weight is 1030 g/mol. The first-order valence-corrected chi connectivity index (χ1v) is 24.4. The molecule has 398 valence electrons. The Morgan fingerprint density at radius 2 is 1.47 bits per heavy atom. The predicted octanol–water partition coefficient (Wildman–Crippen LogP) is 6.05. The van der Waals surface area contributed by atoms with Crippen LogP contribution in [0.5, 0.6) is 0 Å². The quantitative estimate of drug-likeness (QED) is 0.0891. The zero-order valence-electron chi connectivity index (χ0n) is 43.3. The number of fused-ring (bicyclic) bond motifs is 5. The number of hydrogen-bond acceptors (Lipinski definition) is 17. The van der Waals surface area contributed by atoms with Gasteiger partial charge in [0.15, 0.2) is 11.4 Å². The Kier molecular flexibility index (Phi) is 16.1. The number of methoxy groups -OCH3 is 2. The molecule has 0 aromatic heterocycles. The summed E-state index contributed by atoms with van der Waals surface area (Å²) in [5, 5.41) is 19.0. The molecule has 1 aliphatic heterocycles. The van der Waals surface area contributed by atoms with Gasteiger partial charge in [0.1, 0.15) is 54.8 Å². The molecule has 3 aliphatic carbocycles. The molecule has 74 heavy (non-hydrogen) atoms. The second-order valence-electron chi connectivity index (χ2n) is 20.9. The standard InChI is InChI=1S/C55H66N2O17/c1-31-36(70-48(62)43(41(34-22-16-12-17-23-34)57-50(64)74-51(3,4)5)71-39(59)28-56-49(63)68-29-33-20-14-11-15-21-33)27-55(65)46(72-47(61)35-24-18-13-19-25-35)44-53(8,45(60)42(67-10)40(31)52(55,6)7)37(66-9)26-38-54(44,30-69-38)73-32(2)58/h11-25,36-38,41-44,46,65H,26-30H2,1-10H3,(H,56,63)(H,57,64)/t36-,37-,38+,41-,42+,43+,44-,46-,53+,54-,55+/m0/s1. The SMILES string of the molecule is CO[C@H]1C(=O)[C@]2(C)[C@@H](OC)C[C@H]3OC[C@@]3(OC(C)=O)[C@H]2[C@H](OC(=O)c2ccccc2)[C@]2(O)C[C@H](OC(=O)[C@H](OC(=O)CNC(=O)OCc3ccccc3)[C@@H](NC(=O)OC(C)(C)C)c3ccccc3)C(C)=C1C2(C)C. The van der Waals surface area contributed by atoms with E-state index in [4.69, 9.17) is 42.6 Å². The van der Waals surface area contributed by atoms with E-state index in [0.717, 1.165) is 0 Å². The molecule has 4 aliphatic rings. The minimum atomic E-state index is -2.34. The lowest BCUT2D eigenvalue weighted by molar-refractivity contribution is -0.347. The van der Waals surface area contributed by atoms with Crippen LogP contribution in [0.15, 0.2) is 102 Å². The summed E-state index contributed by atoms with van der Waals surface area (Å²) in [6.45, 7) is 11.5. The summed E-state index contributed by atoms with van der Waals surface area (Å²) in [7, 11) is 2.73. The summed E-state index contributed by atoms with van der Waals surface area (Å²) >= 11 is 0. The van der Waals surface area contributed by atoms with Gasteiger partial charge in [-0.15, -0.1) is 0 Å². The van der Waals surface area contributed by atoms with Crippen LogP contribution >= 0.6 is 0 Å². The second kappa shape index (κ2) is 21.7. The van der Waals surface area contributed by atoms with Gasteiger partial charge in [0, 0.05) is 39.4 Å². The van der Waals surface area contributed by atoms with Crippen LogP contribution in [0.1, 0.15) is 95.8 Å². The van der Waals surface area contributed by atoms with Crippen molar-refractivity contribution in [3.05, 3.63) is 119 Å². The Bertz CT molecular complexity index is 2620. The summed E-state index contributed by atoms with van der Waals surface area (Å²) in [6.07, 6.45) is -11.0. The van der Waals surface area contributed by atoms with Crippen molar-refractivity contribution in [1.82, 2.24) is 10.6 Å². The molecule has 2 saturated carbocycles. The number of alkyl carbamates (subject to hydrolysis) is 2. The Morgan fingerprint density at radius 1 is 0.851 bits per heavy atom. The number of carbonyl (C=O) groups is 7. The highest BCUT2D eigenvalue weighted by atomic mass is 16.6. The van der Waals surface area contributed by atoms with Gasteiger partial charge in [0.05, 0.1) is 29.6 Å². The van der Waals surface area contributed by atoms with Crippen molar-refractivity contribution in [3.63, 3.8) is 0 Å². The van der Waals surface area contributed by atoms with Crippen LogP contribution in [-0.2, 0) is 68.4 Å². The highest BCUT2D eigenvalue weighted by molar-refractivity contribution is 5.94. The van der Waals surface area contributed by atoms with Crippen LogP contribution in [-0.4, -0.2) is 128 Å². The molecule has 19 heteroatoms. The fraction of sp³-hybridized carbons (Fsp3) is 0.509. The number of hydrogen-bond donors (Lipinski definition) is 3. The van der Waals surface area contributed by atoms with E-state index in [9.17, 15) is 29.1 Å². The number of rotatable bonds is 15. The number of ketones is 1. The lowest BCUT2D eigenvalue weighted by Crippen LogP contribution is -2.82. The molecular weight excluding hydrogens is 961 g/mol. The van der Waals surface area contributed by atoms with Gasteiger partial charge in [0.2, 0.25) is 6.10 Å². The van der Waals surface area contributed by atoms with Crippen molar-refractivity contribution >= 4 is 41.8 Å². The molecule has 2 bridgehead atoms. The lowest BCUT2D eigenvalue weighted by atomic mass is 9.44. The van der Waals surface area contributed by atoms with E-state index >= 15 is 9.59 Å². The minimum absolute atomic E-state index is 0.0722. The number of amides is 2. The van der Waals surface area contributed by atoms with Crippen LogP contribution in [0.4, 0.5) is 9.59 Å². The molecule has 0 radical (unpaired) electrons. The highest BCUT2D eigenvalue weighted by Gasteiger charge is 2.78. The van der Waals surface area contributed by atoms with E-state index in [1.807, 2.05) is 0 Å². The number of Topliss-reactive ketones (excluding diaryl/α,β-unsaturated/α-hetero) is 1. The van der Waals surface area contributed by atoms with Gasteiger partial charge in [0.25, 0.3) is 0 Å². The van der Waals surface area contributed by atoms with Crippen molar-refractivity contribution in [3.8, 4) is 0 Å². The third kappa shape index (κ3) is 10.6. The largest absolute Gasteiger partial charge is 0.455 e.